The van der Waals surface area contributed by atoms with Crippen molar-refractivity contribution in [3.05, 3.63) is 0 Å². The maximum Gasteiger partial charge on any atom is -0.00145 e. The molecule has 0 aromatic carbocycles. The molecule has 0 aromatic rings. The van der Waals surface area contributed by atoms with Gasteiger partial charge >= 0.3 is 0 Å². The van der Waals surface area contributed by atoms with E-state index in [-0.39, 0.29) is 0 Å². The SMILES string of the molecule is CCCC(C)C1CNCC1C(C)C(C)C. The normalized spacial score (nSPS) is 30.8. The van der Waals surface area contributed by atoms with E-state index < -0.39 is 0 Å². The van der Waals surface area contributed by atoms with Gasteiger partial charge in [0.1, 0.15) is 0 Å². The molecule has 4 unspecified atom stereocenters. The fraction of sp³-hybridized carbons (Fsp3) is 1.00. The van der Waals surface area contributed by atoms with Gasteiger partial charge in [-0.3, -0.25) is 0 Å². The zero-order valence-corrected chi connectivity index (χ0v) is 11.2. The highest BCUT2D eigenvalue weighted by atomic mass is 14.9. The number of hydrogen-bond acceptors (Lipinski definition) is 1. The van der Waals surface area contributed by atoms with Gasteiger partial charge in [0.25, 0.3) is 0 Å². The zero-order valence-electron chi connectivity index (χ0n) is 11.2. The van der Waals surface area contributed by atoms with Crippen LogP contribution >= 0.6 is 0 Å². The van der Waals surface area contributed by atoms with E-state index in [1.165, 1.54) is 25.9 Å². The van der Waals surface area contributed by atoms with Crippen LogP contribution in [0.2, 0.25) is 0 Å². The van der Waals surface area contributed by atoms with E-state index in [0.717, 1.165) is 29.6 Å². The first-order valence-electron chi connectivity index (χ1n) is 6.78. The molecule has 0 aromatic heterocycles. The van der Waals surface area contributed by atoms with Crippen molar-refractivity contribution in [1.29, 1.82) is 0 Å². The van der Waals surface area contributed by atoms with Crippen LogP contribution in [-0.4, -0.2) is 13.1 Å². The molecule has 1 heterocycles. The van der Waals surface area contributed by atoms with Crippen LogP contribution in [0, 0.1) is 29.6 Å². The molecule has 90 valence electrons. The van der Waals surface area contributed by atoms with Gasteiger partial charge in [-0.1, -0.05) is 47.5 Å². The van der Waals surface area contributed by atoms with Crippen LogP contribution in [0.15, 0.2) is 0 Å². The van der Waals surface area contributed by atoms with Crippen LogP contribution in [0.3, 0.4) is 0 Å². The van der Waals surface area contributed by atoms with Crippen molar-refractivity contribution >= 4 is 0 Å². The molecule has 1 N–H and O–H groups in total. The van der Waals surface area contributed by atoms with Gasteiger partial charge in [0.05, 0.1) is 0 Å². The van der Waals surface area contributed by atoms with Crippen LogP contribution in [0.25, 0.3) is 0 Å². The molecule has 0 radical (unpaired) electrons. The van der Waals surface area contributed by atoms with E-state index in [0.29, 0.717) is 0 Å². The van der Waals surface area contributed by atoms with Gasteiger partial charge in [-0.05, 0) is 42.7 Å². The minimum absolute atomic E-state index is 0.825. The Morgan fingerprint density at radius 1 is 1.07 bits per heavy atom. The molecular formula is C14H29N. The second-order valence-corrected chi connectivity index (χ2v) is 5.86. The lowest BCUT2D eigenvalue weighted by Crippen LogP contribution is -2.28. The standard InChI is InChI=1S/C14H29N/c1-6-7-11(4)13-8-15-9-14(13)12(5)10(2)3/h10-15H,6-9H2,1-5H3. The molecule has 1 aliphatic rings. The fourth-order valence-electron chi connectivity index (χ4n) is 3.08. The zero-order chi connectivity index (χ0) is 11.4. The van der Waals surface area contributed by atoms with Crippen LogP contribution < -0.4 is 5.32 Å². The Balaban J connectivity index is 2.56. The average molecular weight is 211 g/mol. The molecule has 1 nitrogen and oxygen atoms in total. The summed E-state index contributed by atoms with van der Waals surface area (Å²) in [6, 6.07) is 0. The highest BCUT2D eigenvalue weighted by molar-refractivity contribution is 4.87. The highest BCUT2D eigenvalue weighted by Crippen LogP contribution is 2.35. The minimum atomic E-state index is 0.825. The first kappa shape index (κ1) is 13.0. The van der Waals surface area contributed by atoms with Gasteiger partial charge in [0, 0.05) is 0 Å². The summed E-state index contributed by atoms with van der Waals surface area (Å²) in [5.41, 5.74) is 0. The largest absolute Gasteiger partial charge is 0.316 e. The van der Waals surface area contributed by atoms with Gasteiger partial charge in [0.2, 0.25) is 0 Å². The van der Waals surface area contributed by atoms with E-state index in [1.54, 1.807) is 0 Å². The summed E-state index contributed by atoms with van der Waals surface area (Å²) < 4.78 is 0. The van der Waals surface area contributed by atoms with Gasteiger partial charge in [-0.15, -0.1) is 0 Å². The topological polar surface area (TPSA) is 12.0 Å². The van der Waals surface area contributed by atoms with Crippen molar-refractivity contribution in [2.45, 2.75) is 47.5 Å². The second kappa shape index (κ2) is 5.89. The van der Waals surface area contributed by atoms with Crippen molar-refractivity contribution in [2.24, 2.45) is 29.6 Å². The Morgan fingerprint density at radius 2 is 1.67 bits per heavy atom. The van der Waals surface area contributed by atoms with Crippen molar-refractivity contribution in [2.75, 3.05) is 13.1 Å². The predicted octanol–water partition coefficient (Wildman–Crippen LogP) is 3.55. The summed E-state index contributed by atoms with van der Waals surface area (Å²) in [6.07, 6.45) is 2.73. The molecule has 1 fully saturated rings. The summed E-state index contributed by atoms with van der Waals surface area (Å²) in [5.74, 6) is 4.42. The Labute approximate surface area is 96.0 Å². The Hall–Kier alpha value is -0.0400. The van der Waals surface area contributed by atoms with Crippen molar-refractivity contribution in [3.8, 4) is 0 Å². The summed E-state index contributed by atoms with van der Waals surface area (Å²) in [4.78, 5) is 0. The maximum absolute atomic E-state index is 3.60. The molecule has 0 bridgehead atoms. The molecule has 1 heteroatoms. The fourth-order valence-corrected chi connectivity index (χ4v) is 3.08. The maximum atomic E-state index is 3.60. The van der Waals surface area contributed by atoms with Gasteiger partial charge in [-0.2, -0.15) is 0 Å². The third kappa shape index (κ3) is 3.21. The molecule has 0 spiro atoms. The molecule has 1 aliphatic heterocycles. The van der Waals surface area contributed by atoms with Crippen LogP contribution in [0.1, 0.15) is 47.5 Å². The van der Waals surface area contributed by atoms with E-state index >= 15 is 0 Å². The van der Waals surface area contributed by atoms with Crippen LogP contribution in [-0.2, 0) is 0 Å². The minimum Gasteiger partial charge on any atom is -0.316 e. The molecule has 0 saturated carbocycles. The van der Waals surface area contributed by atoms with E-state index in [4.69, 9.17) is 0 Å². The quantitative estimate of drug-likeness (QED) is 0.733. The van der Waals surface area contributed by atoms with E-state index in [1.807, 2.05) is 0 Å². The third-order valence-corrected chi connectivity index (χ3v) is 4.51. The van der Waals surface area contributed by atoms with Crippen LogP contribution in [0.5, 0.6) is 0 Å². The van der Waals surface area contributed by atoms with Gasteiger partial charge in [0.15, 0.2) is 0 Å². The lowest BCUT2D eigenvalue weighted by molar-refractivity contribution is 0.187. The Kier molecular flexibility index (Phi) is 5.11. The predicted molar refractivity (Wildman–Crippen MR) is 67.9 cm³/mol. The number of rotatable bonds is 5. The summed E-state index contributed by atoms with van der Waals surface area (Å²) >= 11 is 0. The lowest BCUT2D eigenvalue weighted by Gasteiger charge is -2.31. The van der Waals surface area contributed by atoms with Crippen molar-refractivity contribution in [3.63, 3.8) is 0 Å². The van der Waals surface area contributed by atoms with Crippen LogP contribution in [0.4, 0.5) is 0 Å². The molecular weight excluding hydrogens is 182 g/mol. The average Bonchev–Trinajstić information content (AvgIpc) is 2.65. The molecule has 1 rings (SSSR count). The second-order valence-electron chi connectivity index (χ2n) is 5.86. The summed E-state index contributed by atoms with van der Waals surface area (Å²) in [5, 5.41) is 3.60. The first-order valence-corrected chi connectivity index (χ1v) is 6.78. The monoisotopic (exact) mass is 211 g/mol. The first-order chi connectivity index (χ1) is 7.07. The van der Waals surface area contributed by atoms with E-state index in [2.05, 4.69) is 39.9 Å². The van der Waals surface area contributed by atoms with E-state index in [9.17, 15) is 0 Å². The molecule has 15 heavy (non-hydrogen) atoms. The molecule has 1 saturated heterocycles. The van der Waals surface area contributed by atoms with Crippen molar-refractivity contribution in [1.82, 2.24) is 5.32 Å². The number of hydrogen-bond donors (Lipinski definition) is 1. The van der Waals surface area contributed by atoms with Crippen molar-refractivity contribution < 1.29 is 0 Å². The third-order valence-electron chi connectivity index (χ3n) is 4.51. The van der Waals surface area contributed by atoms with Gasteiger partial charge in [-0.25, -0.2) is 0 Å². The summed E-state index contributed by atoms with van der Waals surface area (Å²) in [6.45, 7) is 14.4. The highest BCUT2D eigenvalue weighted by Gasteiger charge is 2.35. The smallest absolute Gasteiger partial charge is 0.00145 e. The lowest BCUT2D eigenvalue weighted by atomic mass is 9.73. The molecule has 0 amide bonds. The Morgan fingerprint density at radius 3 is 2.20 bits per heavy atom. The summed E-state index contributed by atoms with van der Waals surface area (Å²) in [7, 11) is 0. The molecule has 4 atom stereocenters. The number of nitrogens with one attached hydrogen (secondary N) is 1. The Bertz CT molecular complexity index is 176. The van der Waals surface area contributed by atoms with Gasteiger partial charge < -0.3 is 5.32 Å². The molecule has 0 aliphatic carbocycles.